The Bertz CT molecular complexity index is 521. The summed E-state index contributed by atoms with van der Waals surface area (Å²) in [5, 5.41) is 4.26. The quantitative estimate of drug-likeness (QED) is 0.856. The molecule has 2 aromatic rings. The maximum atomic E-state index is 5.58. The Morgan fingerprint density at radius 1 is 1.53 bits per heavy atom. The first kappa shape index (κ1) is 12.8. The van der Waals surface area contributed by atoms with Crippen LogP contribution in [0.25, 0.3) is 0 Å². The van der Waals surface area contributed by atoms with Crippen LogP contribution in [0.4, 0.5) is 0 Å². The molecule has 0 aliphatic carbocycles. The summed E-state index contributed by atoms with van der Waals surface area (Å²) in [6, 6.07) is 4.47. The summed E-state index contributed by atoms with van der Waals surface area (Å²) in [7, 11) is 0. The summed E-state index contributed by atoms with van der Waals surface area (Å²) in [6.45, 7) is 6.42. The number of hydrogen-bond acceptors (Lipinski definition) is 5. The maximum absolute atomic E-state index is 5.58. The zero-order chi connectivity index (χ0) is 13.2. The van der Waals surface area contributed by atoms with Crippen molar-refractivity contribution in [2.24, 2.45) is 0 Å². The van der Waals surface area contributed by atoms with Crippen molar-refractivity contribution in [3.05, 3.63) is 34.7 Å². The Morgan fingerprint density at radius 3 is 3.16 bits per heavy atom. The molecule has 102 valence electrons. The van der Waals surface area contributed by atoms with E-state index in [0.717, 1.165) is 24.5 Å². The fraction of sp³-hybridized carbons (Fsp3) is 0.571. The number of hydrogen-bond donors (Lipinski definition) is 0. The van der Waals surface area contributed by atoms with Crippen LogP contribution in [0.1, 0.15) is 55.0 Å². The van der Waals surface area contributed by atoms with Crippen molar-refractivity contribution >= 4 is 11.5 Å². The van der Waals surface area contributed by atoms with Gasteiger partial charge in [-0.15, -0.1) is 5.10 Å². The van der Waals surface area contributed by atoms with Crippen LogP contribution >= 0.6 is 11.5 Å². The molecule has 0 unspecified atom stereocenters. The van der Waals surface area contributed by atoms with Crippen LogP contribution in [0.15, 0.2) is 22.8 Å². The molecule has 1 aliphatic heterocycles. The van der Waals surface area contributed by atoms with Gasteiger partial charge in [0, 0.05) is 6.54 Å². The highest BCUT2D eigenvalue weighted by Crippen LogP contribution is 2.34. The Kier molecular flexibility index (Phi) is 3.66. The number of rotatable bonds is 4. The largest absolute Gasteiger partial charge is 0.468 e. The zero-order valence-corrected chi connectivity index (χ0v) is 12.2. The average molecular weight is 277 g/mol. The van der Waals surface area contributed by atoms with Crippen LogP contribution in [-0.2, 0) is 6.54 Å². The molecule has 0 radical (unpaired) electrons. The molecule has 0 spiro atoms. The molecule has 19 heavy (non-hydrogen) atoms. The Balaban J connectivity index is 1.77. The van der Waals surface area contributed by atoms with Gasteiger partial charge < -0.3 is 4.42 Å². The number of likely N-dealkylation sites (tertiary alicyclic amines) is 1. The van der Waals surface area contributed by atoms with Gasteiger partial charge in [0.05, 0.1) is 22.9 Å². The Morgan fingerprint density at radius 2 is 2.42 bits per heavy atom. The highest BCUT2D eigenvalue weighted by molar-refractivity contribution is 7.05. The SMILES string of the molecule is CC(C)c1nnsc1CN1CCC[C@@H]1c1ccco1. The first-order valence-electron chi connectivity index (χ1n) is 6.84. The van der Waals surface area contributed by atoms with Gasteiger partial charge in [-0.3, -0.25) is 4.90 Å². The zero-order valence-electron chi connectivity index (χ0n) is 11.4. The van der Waals surface area contributed by atoms with Gasteiger partial charge in [0.15, 0.2) is 0 Å². The van der Waals surface area contributed by atoms with Crippen molar-refractivity contribution in [3.8, 4) is 0 Å². The normalized spacial score (nSPS) is 20.5. The van der Waals surface area contributed by atoms with Crippen LogP contribution in [0, 0.1) is 0 Å². The number of aromatic nitrogens is 2. The molecule has 1 saturated heterocycles. The first-order valence-corrected chi connectivity index (χ1v) is 7.61. The van der Waals surface area contributed by atoms with Crippen molar-refractivity contribution < 1.29 is 4.42 Å². The molecule has 0 aromatic carbocycles. The Labute approximate surface area is 117 Å². The van der Waals surface area contributed by atoms with Gasteiger partial charge in [-0.2, -0.15) is 0 Å². The summed E-state index contributed by atoms with van der Waals surface area (Å²) in [5.74, 6) is 1.53. The minimum Gasteiger partial charge on any atom is -0.468 e. The molecule has 2 aromatic heterocycles. The lowest BCUT2D eigenvalue weighted by atomic mass is 10.1. The molecule has 0 amide bonds. The molecule has 0 saturated carbocycles. The lowest BCUT2D eigenvalue weighted by Gasteiger charge is -2.22. The van der Waals surface area contributed by atoms with E-state index in [2.05, 4.69) is 34.4 Å². The summed E-state index contributed by atoms with van der Waals surface area (Å²) in [5.41, 5.74) is 1.15. The van der Waals surface area contributed by atoms with Gasteiger partial charge in [-0.1, -0.05) is 18.3 Å². The molecule has 1 fully saturated rings. The lowest BCUT2D eigenvalue weighted by molar-refractivity contribution is 0.221. The van der Waals surface area contributed by atoms with E-state index >= 15 is 0 Å². The highest BCUT2D eigenvalue weighted by Gasteiger charge is 2.29. The van der Waals surface area contributed by atoms with E-state index in [1.165, 1.54) is 29.3 Å². The molecule has 3 rings (SSSR count). The van der Waals surface area contributed by atoms with Crippen LogP contribution < -0.4 is 0 Å². The molecule has 1 aliphatic rings. The van der Waals surface area contributed by atoms with Gasteiger partial charge in [0.1, 0.15) is 5.76 Å². The molecular weight excluding hydrogens is 258 g/mol. The highest BCUT2D eigenvalue weighted by atomic mass is 32.1. The lowest BCUT2D eigenvalue weighted by Crippen LogP contribution is -2.22. The second-order valence-electron chi connectivity index (χ2n) is 5.38. The number of nitrogens with zero attached hydrogens (tertiary/aromatic N) is 3. The van der Waals surface area contributed by atoms with Crippen molar-refractivity contribution in [1.29, 1.82) is 0 Å². The minimum atomic E-state index is 0.414. The van der Waals surface area contributed by atoms with E-state index in [-0.39, 0.29) is 0 Å². The third-order valence-electron chi connectivity index (χ3n) is 3.71. The molecule has 4 nitrogen and oxygen atoms in total. The summed E-state index contributed by atoms with van der Waals surface area (Å²) in [6.07, 6.45) is 4.17. The second-order valence-corrected chi connectivity index (χ2v) is 6.22. The van der Waals surface area contributed by atoms with Crippen molar-refractivity contribution in [1.82, 2.24) is 14.5 Å². The third-order valence-corrected chi connectivity index (χ3v) is 4.44. The van der Waals surface area contributed by atoms with Gasteiger partial charge in [-0.25, -0.2) is 0 Å². The molecule has 0 bridgehead atoms. The summed E-state index contributed by atoms with van der Waals surface area (Å²) < 4.78 is 9.69. The molecular formula is C14H19N3OS. The molecule has 5 heteroatoms. The predicted octanol–water partition coefficient (Wildman–Crippen LogP) is 3.59. The minimum absolute atomic E-state index is 0.414. The molecule has 0 N–H and O–H groups in total. The van der Waals surface area contributed by atoms with E-state index in [4.69, 9.17) is 4.42 Å². The second kappa shape index (κ2) is 5.43. The van der Waals surface area contributed by atoms with Crippen molar-refractivity contribution in [2.75, 3.05) is 6.54 Å². The topological polar surface area (TPSA) is 42.2 Å². The monoisotopic (exact) mass is 277 g/mol. The first-order chi connectivity index (χ1) is 9.25. The fourth-order valence-electron chi connectivity index (χ4n) is 2.77. The molecule has 1 atom stereocenters. The van der Waals surface area contributed by atoms with Crippen molar-refractivity contribution in [2.45, 2.75) is 45.2 Å². The Hall–Kier alpha value is -1.20. The number of furan rings is 1. The van der Waals surface area contributed by atoms with Crippen LogP contribution in [0.2, 0.25) is 0 Å². The van der Waals surface area contributed by atoms with Crippen LogP contribution in [0.5, 0.6) is 0 Å². The van der Waals surface area contributed by atoms with E-state index in [0.29, 0.717) is 12.0 Å². The van der Waals surface area contributed by atoms with E-state index in [1.54, 1.807) is 6.26 Å². The predicted molar refractivity (Wildman–Crippen MR) is 75.1 cm³/mol. The van der Waals surface area contributed by atoms with Gasteiger partial charge in [-0.05, 0) is 49.0 Å². The summed E-state index contributed by atoms with van der Waals surface area (Å²) >= 11 is 1.53. The standard InChI is InChI=1S/C14H19N3OS/c1-10(2)14-13(19-16-15-14)9-17-7-3-5-11(17)12-6-4-8-18-12/h4,6,8,10-11H,3,5,7,9H2,1-2H3/t11-/m1/s1. The summed E-state index contributed by atoms with van der Waals surface area (Å²) in [4.78, 5) is 3.79. The van der Waals surface area contributed by atoms with Crippen molar-refractivity contribution in [3.63, 3.8) is 0 Å². The van der Waals surface area contributed by atoms with Crippen LogP contribution in [0.3, 0.4) is 0 Å². The van der Waals surface area contributed by atoms with Gasteiger partial charge in [0.25, 0.3) is 0 Å². The van der Waals surface area contributed by atoms with Crippen LogP contribution in [-0.4, -0.2) is 21.0 Å². The van der Waals surface area contributed by atoms with E-state index in [9.17, 15) is 0 Å². The van der Waals surface area contributed by atoms with Gasteiger partial charge in [0.2, 0.25) is 0 Å². The smallest absolute Gasteiger partial charge is 0.120 e. The molecule has 3 heterocycles. The average Bonchev–Trinajstić information content (AvgIpc) is 3.09. The van der Waals surface area contributed by atoms with Gasteiger partial charge >= 0.3 is 0 Å². The third kappa shape index (κ3) is 2.58. The van der Waals surface area contributed by atoms with E-state index < -0.39 is 0 Å². The van der Waals surface area contributed by atoms with E-state index in [1.807, 2.05) is 6.07 Å². The maximum Gasteiger partial charge on any atom is 0.120 e. The fourth-order valence-corrected chi connectivity index (χ4v) is 3.59.